The number of amides is 1. The van der Waals surface area contributed by atoms with E-state index in [0.29, 0.717) is 23.5 Å². The Hall–Kier alpha value is -3.59. The molecule has 5 heterocycles. The molecule has 1 N–H and O–H groups in total. The lowest BCUT2D eigenvalue weighted by Crippen LogP contribution is -2.39. The maximum atomic E-state index is 12.8. The summed E-state index contributed by atoms with van der Waals surface area (Å²) < 4.78 is 3.68. The predicted molar refractivity (Wildman–Crippen MR) is 127 cm³/mol. The van der Waals surface area contributed by atoms with E-state index in [-0.39, 0.29) is 5.91 Å². The lowest BCUT2D eigenvalue weighted by molar-refractivity contribution is 0.102. The van der Waals surface area contributed by atoms with Gasteiger partial charge in [-0.3, -0.25) is 14.2 Å². The molecule has 0 saturated carbocycles. The van der Waals surface area contributed by atoms with Crippen LogP contribution in [0.1, 0.15) is 43.1 Å². The van der Waals surface area contributed by atoms with Crippen molar-refractivity contribution in [3.05, 3.63) is 54.7 Å². The summed E-state index contributed by atoms with van der Waals surface area (Å²) in [5, 5.41) is 12.5. The Kier molecular flexibility index (Phi) is 5.63. The van der Waals surface area contributed by atoms with Crippen LogP contribution < -0.4 is 5.32 Å². The number of fused-ring (bicyclic) bond motifs is 1. The lowest BCUT2D eigenvalue weighted by atomic mass is 10.0. The van der Waals surface area contributed by atoms with Gasteiger partial charge in [0.15, 0.2) is 0 Å². The van der Waals surface area contributed by atoms with Gasteiger partial charge in [-0.2, -0.15) is 10.2 Å². The number of aryl methyl sites for hydroxylation is 1. The summed E-state index contributed by atoms with van der Waals surface area (Å²) in [6, 6.07) is 6.60. The van der Waals surface area contributed by atoms with Crippen LogP contribution in [0.2, 0.25) is 0 Å². The maximum Gasteiger partial charge on any atom is 0.260 e. The van der Waals surface area contributed by atoms with E-state index in [4.69, 9.17) is 4.98 Å². The van der Waals surface area contributed by atoms with E-state index >= 15 is 0 Å². The van der Waals surface area contributed by atoms with E-state index in [9.17, 15) is 4.79 Å². The van der Waals surface area contributed by atoms with E-state index in [1.54, 1.807) is 29.3 Å². The van der Waals surface area contributed by atoms with E-state index in [2.05, 4.69) is 39.2 Å². The molecular weight excluding hydrogens is 416 g/mol. The number of nitrogens with zero attached hydrogens (tertiary/aromatic N) is 7. The van der Waals surface area contributed by atoms with Crippen LogP contribution in [-0.2, 0) is 7.05 Å². The highest BCUT2D eigenvalue weighted by molar-refractivity contribution is 6.04. The molecular formula is C24H28N8O. The summed E-state index contributed by atoms with van der Waals surface area (Å²) in [6.45, 7) is 6.57. The largest absolute Gasteiger partial charge is 0.306 e. The average Bonchev–Trinajstić information content (AvgIpc) is 3.48. The number of pyridine rings is 2. The number of likely N-dealkylation sites (tertiary alicyclic amines) is 1. The summed E-state index contributed by atoms with van der Waals surface area (Å²) in [6.07, 6.45) is 11.0. The topological polar surface area (TPSA) is 93.8 Å². The first-order chi connectivity index (χ1) is 16.0. The zero-order chi connectivity index (χ0) is 22.9. The second-order valence-electron chi connectivity index (χ2n) is 8.89. The minimum absolute atomic E-state index is 0.226. The van der Waals surface area contributed by atoms with Crippen molar-refractivity contribution in [3.8, 4) is 11.3 Å². The summed E-state index contributed by atoms with van der Waals surface area (Å²) in [5.41, 5.74) is 3.05. The Morgan fingerprint density at radius 3 is 2.64 bits per heavy atom. The molecule has 5 rings (SSSR count). The van der Waals surface area contributed by atoms with Crippen LogP contribution >= 0.6 is 0 Å². The van der Waals surface area contributed by atoms with Crippen molar-refractivity contribution in [3.63, 3.8) is 0 Å². The third kappa shape index (κ3) is 4.49. The monoisotopic (exact) mass is 444 g/mol. The number of carbonyl (C=O) groups is 1. The smallest absolute Gasteiger partial charge is 0.260 e. The average molecular weight is 445 g/mol. The number of nitrogens with one attached hydrogen (secondary N) is 1. The van der Waals surface area contributed by atoms with Gasteiger partial charge in [-0.1, -0.05) is 0 Å². The van der Waals surface area contributed by atoms with Gasteiger partial charge in [0.25, 0.3) is 5.91 Å². The Bertz CT molecular complexity index is 1280. The Morgan fingerprint density at radius 1 is 1.09 bits per heavy atom. The summed E-state index contributed by atoms with van der Waals surface area (Å²) in [7, 11) is 1.87. The van der Waals surface area contributed by atoms with Gasteiger partial charge in [0, 0.05) is 61.8 Å². The van der Waals surface area contributed by atoms with Crippen molar-refractivity contribution in [1.82, 2.24) is 34.4 Å². The van der Waals surface area contributed by atoms with Crippen molar-refractivity contribution in [1.29, 1.82) is 0 Å². The van der Waals surface area contributed by atoms with E-state index < -0.39 is 0 Å². The Balaban J connectivity index is 1.29. The minimum atomic E-state index is -0.226. The normalized spacial score (nSPS) is 15.4. The summed E-state index contributed by atoms with van der Waals surface area (Å²) in [4.78, 5) is 24.4. The van der Waals surface area contributed by atoms with Gasteiger partial charge < -0.3 is 10.2 Å². The molecule has 1 amide bonds. The molecule has 9 nitrogen and oxygen atoms in total. The highest BCUT2D eigenvalue weighted by Crippen LogP contribution is 2.24. The first kappa shape index (κ1) is 21.3. The molecule has 4 aromatic heterocycles. The molecule has 1 aliphatic heterocycles. The zero-order valence-corrected chi connectivity index (χ0v) is 19.1. The van der Waals surface area contributed by atoms with E-state index in [1.165, 1.54) is 0 Å². The molecule has 1 aliphatic rings. The predicted octanol–water partition coefficient (Wildman–Crippen LogP) is 3.52. The van der Waals surface area contributed by atoms with Crippen LogP contribution in [0, 0.1) is 0 Å². The van der Waals surface area contributed by atoms with Gasteiger partial charge in [0.05, 0.1) is 35.2 Å². The molecule has 9 heteroatoms. The van der Waals surface area contributed by atoms with Crippen LogP contribution in [0.3, 0.4) is 0 Å². The number of carbonyl (C=O) groups excluding carboxylic acids is 1. The summed E-state index contributed by atoms with van der Waals surface area (Å²) >= 11 is 0. The molecule has 0 spiro atoms. The first-order valence-corrected chi connectivity index (χ1v) is 11.3. The van der Waals surface area contributed by atoms with Crippen LogP contribution in [0.4, 0.5) is 5.82 Å². The second-order valence-corrected chi connectivity index (χ2v) is 8.89. The Labute approximate surface area is 192 Å². The number of hydrogen-bond donors (Lipinski definition) is 1. The molecule has 1 saturated heterocycles. The van der Waals surface area contributed by atoms with Gasteiger partial charge in [-0.25, -0.2) is 9.97 Å². The minimum Gasteiger partial charge on any atom is -0.306 e. The van der Waals surface area contributed by atoms with Crippen molar-refractivity contribution < 1.29 is 4.79 Å². The van der Waals surface area contributed by atoms with Crippen LogP contribution in [0.15, 0.2) is 49.2 Å². The molecule has 0 aliphatic carbocycles. The number of aromatic nitrogens is 6. The molecule has 0 radical (unpaired) electrons. The standard InChI is InChI=1S/C24H28N8O/c1-16(2)31-8-6-20(7-9-31)32-15-19(13-27-32)24(33)29-23-10-22-17(11-25-23)4-5-21(28-22)18-12-26-30(3)14-18/h4-5,10-16,20H,6-9H2,1-3H3,(H,25,29,33). The third-order valence-electron chi connectivity index (χ3n) is 6.28. The van der Waals surface area contributed by atoms with Gasteiger partial charge >= 0.3 is 0 Å². The van der Waals surface area contributed by atoms with E-state index in [0.717, 1.165) is 48.1 Å². The van der Waals surface area contributed by atoms with Crippen LogP contribution in [0.5, 0.6) is 0 Å². The molecule has 4 aromatic rings. The molecule has 1 fully saturated rings. The van der Waals surface area contributed by atoms with Crippen molar-refractivity contribution in [2.24, 2.45) is 7.05 Å². The van der Waals surface area contributed by atoms with Crippen molar-refractivity contribution in [2.75, 3.05) is 18.4 Å². The number of hydrogen-bond acceptors (Lipinski definition) is 6. The third-order valence-corrected chi connectivity index (χ3v) is 6.28. The Morgan fingerprint density at radius 2 is 1.91 bits per heavy atom. The second kappa shape index (κ2) is 8.74. The molecule has 33 heavy (non-hydrogen) atoms. The summed E-state index contributed by atoms with van der Waals surface area (Å²) in [5.74, 6) is 0.234. The number of rotatable bonds is 5. The number of piperidine rings is 1. The van der Waals surface area contributed by atoms with Crippen LogP contribution in [0.25, 0.3) is 22.2 Å². The van der Waals surface area contributed by atoms with E-state index in [1.807, 2.05) is 36.3 Å². The number of anilines is 1. The SMILES string of the molecule is CC(C)N1CCC(n2cc(C(=O)Nc3cc4nc(-c5cnn(C)c5)ccc4cn3)cn2)CC1. The first-order valence-electron chi connectivity index (χ1n) is 11.3. The van der Waals surface area contributed by atoms with Crippen molar-refractivity contribution >= 4 is 22.6 Å². The fourth-order valence-corrected chi connectivity index (χ4v) is 4.31. The van der Waals surface area contributed by atoms with Gasteiger partial charge in [-0.15, -0.1) is 0 Å². The molecule has 0 aromatic carbocycles. The van der Waals surface area contributed by atoms with Gasteiger partial charge in [0.1, 0.15) is 5.82 Å². The highest BCUT2D eigenvalue weighted by Gasteiger charge is 2.23. The highest BCUT2D eigenvalue weighted by atomic mass is 16.1. The van der Waals surface area contributed by atoms with Crippen LogP contribution in [-0.4, -0.2) is 59.5 Å². The quantitative estimate of drug-likeness (QED) is 0.506. The zero-order valence-electron chi connectivity index (χ0n) is 19.1. The van der Waals surface area contributed by atoms with Gasteiger partial charge in [-0.05, 0) is 38.8 Å². The van der Waals surface area contributed by atoms with Gasteiger partial charge in [0.2, 0.25) is 0 Å². The lowest BCUT2D eigenvalue weighted by Gasteiger charge is -2.34. The fourth-order valence-electron chi connectivity index (χ4n) is 4.31. The molecule has 0 bridgehead atoms. The fraction of sp³-hybridized carbons (Fsp3) is 0.375. The van der Waals surface area contributed by atoms with Crippen molar-refractivity contribution in [2.45, 2.75) is 38.8 Å². The molecule has 0 atom stereocenters. The molecule has 0 unspecified atom stereocenters. The maximum absolute atomic E-state index is 12.8. The molecule has 170 valence electrons.